The number of nitrogens with zero attached hydrogens (tertiary/aromatic N) is 2. The predicted molar refractivity (Wildman–Crippen MR) is 69.5 cm³/mol. The van der Waals surface area contributed by atoms with E-state index < -0.39 is 22.9 Å². The minimum Gasteiger partial charge on any atom is -0.455 e. The molecule has 0 aromatic carbocycles. The molecule has 20 heavy (non-hydrogen) atoms. The molecule has 1 saturated heterocycles. The number of likely N-dealkylation sites (tertiary alicyclic amines) is 1. The summed E-state index contributed by atoms with van der Waals surface area (Å²) in [7, 11) is 0. The lowest BCUT2D eigenvalue weighted by Gasteiger charge is -2.35. The maximum absolute atomic E-state index is 12.0. The summed E-state index contributed by atoms with van der Waals surface area (Å²) >= 11 is 0. The van der Waals surface area contributed by atoms with Crippen LogP contribution in [0.15, 0.2) is 0 Å². The number of amides is 1. The summed E-state index contributed by atoms with van der Waals surface area (Å²) in [6.45, 7) is 2.44. The normalized spacial score (nSPS) is 28.9. The molecule has 1 aliphatic heterocycles. The maximum atomic E-state index is 12.0. The second-order valence-corrected chi connectivity index (χ2v) is 5.45. The summed E-state index contributed by atoms with van der Waals surface area (Å²) in [5, 5.41) is 10.5. The van der Waals surface area contributed by atoms with E-state index in [0.29, 0.717) is 6.54 Å². The summed E-state index contributed by atoms with van der Waals surface area (Å²) in [5.41, 5.74) is 0. The van der Waals surface area contributed by atoms with Crippen molar-refractivity contribution >= 4 is 11.9 Å². The van der Waals surface area contributed by atoms with Gasteiger partial charge < -0.3 is 9.64 Å². The van der Waals surface area contributed by atoms with Gasteiger partial charge in [-0.25, -0.2) is 0 Å². The molecule has 7 nitrogen and oxygen atoms in total. The van der Waals surface area contributed by atoms with Gasteiger partial charge in [-0.15, -0.1) is 0 Å². The molecule has 3 unspecified atom stereocenters. The summed E-state index contributed by atoms with van der Waals surface area (Å²) in [6, 6.07) is -0.599. The number of piperidine rings is 1. The number of ether oxygens (including phenoxy) is 1. The third kappa shape index (κ3) is 3.26. The molecule has 0 bridgehead atoms. The molecule has 0 radical (unpaired) electrons. The number of rotatable bonds is 5. The van der Waals surface area contributed by atoms with Gasteiger partial charge in [0.15, 0.2) is 6.61 Å². The van der Waals surface area contributed by atoms with Crippen LogP contribution < -0.4 is 0 Å². The Morgan fingerprint density at radius 2 is 2.15 bits per heavy atom. The molecule has 1 amide bonds. The van der Waals surface area contributed by atoms with E-state index in [9.17, 15) is 19.7 Å². The van der Waals surface area contributed by atoms with E-state index in [1.165, 1.54) is 0 Å². The predicted octanol–water partition coefficient (Wildman–Crippen LogP) is 0.986. The Kier molecular flexibility index (Phi) is 4.57. The van der Waals surface area contributed by atoms with Crippen LogP contribution in [-0.2, 0) is 14.3 Å². The Labute approximate surface area is 117 Å². The summed E-state index contributed by atoms with van der Waals surface area (Å²) in [6.07, 6.45) is 4.20. The highest BCUT2D eigenvalue weighted by atomic mass is 16.6. The van der Waals surface area contributed by atoms with E-state index in [1.54, 1.807) is 4.90 Å². The first-order valence-corrected chi connectivity index (χ1v) is 7.14. The van der Waals surface area contributed by atoms with E-state index in [2.05, 4.69) is 0 Å². The average Bonchev–Trinajstić information content (AvgIpc) is 3.25. The van der Waals surface area contributed by atoms with Crippen molar-refractivity contribution in [3.8, 4) is 0 Å². The van der Waals surface area contributed by atoms with Crippen molar-refractivity contribution < 1.29 is 19.2 Å². The van der Waals surface area contributed by atoms with Crippen LogP contribution in [0.25, 0.3) is 0 Å². The number of carbonyl (C=O) groups is 2. The van der Waals surface area contributed by atoms with Crippen LogP contribution in [0.1, 0.15) is 39.0 Å². The lowest BCUT2D eigenvalue weighted by molar-refractivity contribution is -0.497. The van der Waals surface area contributed by atoms with E-state index in [1.807, 2.05) is 6.92 Å². The second kappa shape index (κ2) is 6.19. The van der Waals surface area contributed by atoms with Crippen molar-refractivity contribution in [2.45, 2.75) is 51.1 Å². The van der Waals surface area contributed by atoms with Crippen LogP contribution in [0.5, 0.6) is 0 Å². The number of carbonyl (C=O) groups excluding carboxylic acids is 2. The minimum absolute atomic E-state index is 0.191. The Morgan fingerprint density at radius 3 is 2.75 bits per heavy atom. The number of nitro groups is 1. The molecule has 7 heteroatoms. The van der Waals surface area contributed by atoms with Crippen molar-refractivity contribution in [3.05, 3.63) is 10.1 Å². The van der Waals surface area contributed by atoms with Gasteiger partial charge in [0.25, 0.3) is 5.91 Å². The molecule has 112 valence electrons. The molecule has 1 aliphatic carbocycles. The Hall–Kier alpha value is -1.66. The quantitative estimate of drug-likeness (QED) is 0.426. The number of hydrogen-bond acceptors (Lipinski definition) is 5. The van der Waals surface area contributed by atoms with Crippen molar-refractivity contribution in [1.82, 2.24) is 4.90 Å². The van der Waals surface area contributed by atoms with Gasteiger partial charge >= 0.3 is 5.97 Å². The van der Waals surface area contributed by atoms with Gasteiger partial charge in [0.05, 0.1) is 0 Å². The van der Waals surface area contributed by atoms with Crippen molar-refractivity contribution in [3.63, 3.8) is 0 Å². The first-order valence-electron chi connectivity index (χ1n) is 7.14. The molecule has 2 rings (SSSR count). The van der Waals surface area contributed by atoms with Gasteiger partial charge in [-0.2, -0.15) is 0 Å². The van der Waals surface area contributed by atoms with Gasteiger partial charge in [0, 0.05) is 23.9 Å². The molecule has 1 heterocycles. The van der Waals surface area contributed by atoms with Crippen molar-refractivity contribution in [1.29, 1.82) is 0 Å². The lowest BCUT2D eigenvalue weighted by Crippen LogP contribution is -2.45. The number of esters is 1. The summed E-state index contributed by atoms with van der Waals surface area (Å²) in [5.74, 6) is -1.48. The fourth-order valence-electron chi connectivity index (χ4n) is 2.74. The van der Waals surface area contributed by atoms with E-state index in [-0.39, 0.29) is 25.0 Å². The summed E-state index contributed by atoms with van der Waals surface area (Å²) < 4.78 is 4.92. The van der Waals surface area contributed by atoms with E-state index in [0.717, 1.165) is 25.7 Å². The minimum atomic E-state index is -0.823. The second-order valence-electron chi connectivity index (χ2n) is 5.45. The third-order valence-corrected chi connectivity index (χ3v) is 4.09. The molecule has 2 fully saturated rings. The van der Waals surface area contributed by atoms with Crippen LogP contribution in [-0.4, -0.2) is 46.9 Å². The summed E-state index contributed by atoms with van der Waals surface area (Å²) in [4.78, 5) is 35.4. The van der Waals surface area contributed by atoms with Crippen molar-refractivity contribution in [2.75, 3.05) is 13.2 Å². The van der Waals surface area contributed by atoms with Crippen LogP contribution in [0.2, 0.25) is 0 Å². The van der Waals surface area contributed by atoms with Gasteiger partial charge in [0.2, 0.25) is 6.04 Å². The fraction of sp³-hybridized carbons (Fsp3) is 0.846. The molecule has 0 aromatic heterocycles. The van der Waals surface area contributed by atoms with Gasteiger partial charge in [0.1, 0.15) is 5.92 Å². The molecule has 0 aromatic rings. The zero-order chi connectivity index (χ0) is 14.7. The molecule has 1 saturated carbocycles. The third-order valence-electron chi connectivity index (χ3n) is 4.09. The molecule has 0 spiro atoms. The number of hydrogen-bond donors (Lipinski definition) is 0. The Bertz CT molecular complexity index is 412. The topological polar surface area (TPSA) is 89.8 Å². The fourth-order valence-corrected chi connectivity index (χ4v) is 2.74. The van der Waals surface area contributed by atoms with E-state index >= 15 is 0 Å². The molecular weight excluding hydrogens is 264 g/mol. The first kappa shape index (κ1) is 14.7. The smallest absolute Gasteiger partial charge is 0.316 e. The van der Waals surface area contributed by atoms with Crippen LogP contribution >= 0.6 is 0 Å². The monoisotopic (exact) mass is 284 g/mol. The zero-order valence-corrected chi connectivity index (χ0v) is 11.6. The van der Waals surface area contributed by atoms with Crippen LogP contribution in [0.3, 0.4) is 0 Å². The molecule has 3 atom stereocenters. The van der Waals surface area contributed by atoms with E-state index in [4.69, 9.17) is 4.74 Å². The average molecular weight is 284 g/mol. The van der Waals surface area contributed by atoms with Crippen LogP contribution in [0.4, 0.5) is 0 Å². The highest BCUT2D eigenvalue weighted by molar-refractivity contribution is 5.82. The maximum Gasteiger partial charge on any atom is 0.316 e. The first-order chi connectivity index (χ1) is 9.54. The highest BCUT2D eigenvalue weighted by Crippen LogP contribution is 2.34. The van der Waals surface area contributed by atoms with Crippen molar-refractivity contribution in [2.24, 2.45) is 5.92 Å². The lowest BCUT2D eigenvalue weighted by atomic mass is 10.00. The molecule has 0 N–H and O–H groups in total. The largest absolute Gasteiger partial charge is 0.455 e. The SMILES string of the molecule is CCC1CCCCN1C(=O)COC(=O)C1CC1[N+](=O)[O-]. The zero-order valence-electron chi connectivity index (χ0n) is 11.6. The van der Waals surface area contributed by atoms with Gasteiger partial charge in [-0.3, -0.25) is 19.7 Å². The highest BCUT2D eigenvalue weighted by Gasteiger charge is 2.54. The van der Waals surface area contributed by atoms with Gasteiger partial charge in [-0.1, -0.05) is 6.92 Å². The Morgan fingerprint density at radius 1 is 1.40 bits per heavy atom. The van der Waals surface area contributed by atoms with Crippen LogP contribution in [0, 0.1) is 16.0 Å². The molecule has 2 aliphatic rings. The Balaban J connectivity index is 1.77. The molecular formula is C13H20N2O5. The standard InChI is InChI=1S/C13H20N2O5/c1-2-9-5-3-4-6-14(9)12(16)8-20-13(17)10-7-11(10)15(18)19/h9-11H,2-8H2,1H3. The van der Waals surface area contributed by atoms with Gasteiger partial charge in [-0.05, 0) is 25.7 Å².